The molecule has 1 fully saturated rings. The largest absolute Gasteiger partial charge is 0.355 e. The van der Waals surface area contributed by atoms with Crippen molar-refractivity contribution in [3.63, 3.8) is 0 Å². The Morgan fingerprint density at radius 2 is 1.93 bits per heavy atom. The number of allylic oxidation sites excluding steroid dienone is 3. The number of carbonyl (C=O) groups excluding carboxylic acids is 2. The van der Waals surface area contributed by atoms with Gasteiger partial charge in [-0.05, 0) is 96.1 Å². The average Bonchev–Trinajstić information content (AvgIpc) is 3.53. The van der Waals surface area contributed by atoms with Crippen molar-refractivity contribution in [2.75, 3.05) is 38.6 Å². The van der Waals surface area contributed by atoms with E-state index in [-0.39, 0.29) is 24.3 Å². The first-order chi connectivity index (χ1) is 19.0. The zero-order chi connectivity index (χ0) is 28.7. The zero-order valence-corrected chi connectivity index (χ0v) is 24.8. The summed E-state index contributed by atoms with van der Waals surface area (Å²) in [4.78, 5) is 35.8. The Bertz CT molecular complexity index is 1520. The number of aromatic nitrogens is 2. The van der Waals surface area contributed by atoms with Crippen LogP contribution in [0.2, 0.25) is 0 Å². The van der Waals surface area contributed by atoms with Crippen LogP contribution in [0.3, 0.4) is 0 Å². The van der Waals surface area contributed by atoms with Crippen molar-refractivity contribution in [2.45, 2.75) is 59.5 Å². The van der Waals surface area contributed by atoms with E-state index in [1.807, 2.05) is 32.2 Å². The van der Waals surface area contributed by atoms with Crippen molar-refractivity contribution in [1.82, 2.24) is 19.8 Å². The molecule has 0 radical (unpaired) electrons. The lowest BCUT2D eigenvalue weighted by atomic mass is 9.92. The third kappa shape index (κ3) is 5.35. The molecule has 2 aliphatic rings. The van der Waals surface area contributed by atoms with Crippen LogP contribution < -0.4 is 10.2 Å². The number of Topliss-reactive ketones (excluding diaryl/α,β-unsaturated/α-hetero) is 1. The van der Waals surface area contributed by atoms with E-state index in [1.54, 1.807) is 0 Å². The fraction of sp³-hybridized carbons (Fsp3) is 0.424. The van der Waals surface area contributed by atoms with E-state index in [2.05, 4.69) is 78.9 Å². The predicted molar refractivity (Wildman–Crippen MR) is 163 cm³/mol. The van der Waals surface area contributed by atoms with Gasteiger partial charge in [-0.1, -0.05) is 11.6 Å². The molecule has 1 saturated heterocycles. The van der Waals surface area contributed by atoms with Gasteiger partial charge in [0.25, 0.3) is 5.91 Å². The molecule has 1 amide bonds. The molecule has 0 saturated carbocycles. The summed E-state index contributed by atoms with van der Waals surface area (Å²) >= 11 is 0. The van der Waals surface area contributed by atoms with Crippen LogP contribution in [0.25, 0.3) is 22.0 Å². The Balaban J connectivity index is 1.49. The quantitative estimate of drug-likeness (QED) is 0.417. The molecule has 3 heterocycles. The summed E-state index contributed by atoms with van der Waals surface area (Å²) in [5.41, 5.74) is 7.29. The van der Waals surface area contributed by atoms with Crippen LogP contribution in [0.15, 0.2) is 59.5 Å². The molecule has 1 atom stereocenters. The number of pyridine rings is 1. The number of nitrogens with zero attached hydrogens (tertiary/aromatic N) is 4. The van der Waals surface area contributed by atoms with Crippen LogP contribution in [0.4, 0.5) is 5.82 Å². The van der Waals surface area contributed by atoms with Crippen molar-refractivity contribution < 1.29 is 9.59 Å². The van der Waals surface area contributed by atoms with Gasteiger partial charge in [0.05, 0.1) is 0 Å². The monoisotopic (exact) mass is 539 g/mol. The lowest BCUT2D eigenvalue weighted by molar-refractivity contribution is -0.115. The van der Waals surface area contributed by atoms with Crippen molar-refractivity contribution >= 4 is 28.4 Å². The van der Waals surface area contributed by atoms with E-state index < -0.39 is 0 Å². The smallest absolute Gasteiger partial charge is 0.252 e. The zero-order valence-electron chi connectivity index (χ0n) is 24.8. The highest BCUT2D eigenvalue weighted by Gasteiger charge is 2.25. The van der Waals surface area contributed by atoms with Crippen LogP contribution in [0.1, 0.15) is 62.5 Å². The number of nitrogens with one attached hydrogen (secondary N) is 1. The maximum atomic E-state index is 13.7. The van der Waals surface area contributed by atoms with E-state index in [0.29, 0.717) is 23.6 Å². The SMILES string of the molecule is CC1=CC(C)=C(CNC(=O)c2cc(-c3ccc(N4CCC(N(C)C)C4)nc3)cc3c2c(C)cn3C(C)C)C(=O)C1. The highest BCUT2D eigenvalue weighted by molar-refractivity contribution is 6.10. The number of amides is 1. The van der Waals surface area contributed by atoms with Gasteiger partial charge >= 0.3 is 0 Å². The first kappa shape index (κ1) is 27.8. The predicted octanol–water partition coefficient (Wildman–Crippen LogP) is 5.70. The minimum atomic E-state index is -0.174. The first-order valence-corrected chi connectivity index (χ1v) is 14.2. The number of carbonyl (C=O) groups is 2. The van der Waals surface area contributed by atoms with Crippen LogP contribution in [-0.4, -0.2) is 65.9 Å². The normalized spacial score (nSPS) is 17.9. The summed E-state index contributed by atoms with van der Waals surface area (Å²) in [6.07, 6.45) is 7.62. The molecular weight excluding hydrogens is 498 g/mol. The van der Waals surface area contributed by atoms with Crippen molar-refractivity contribution in [1.29, 1.82) is 0 Å². The Morgan fingerprint density at radius 3 is 2.55 bits per heavy atom. The molecule has 2 aromatic heterocycles. The number of benzene rings is 1. The van der Waals surface area contributed by atoms with Gasteiger partial charge in [0.15, 0.2) is 5.78 Å². The van der Waals surface area contributed by atoms with Crippen LogP contribution >= 0.6 is 0 Å². The second-order valence-electron chi connectivity index (χ2n) is 11.9. The fourth-order valence-electron chi connectivity index (χ4n) is 6.07. The van der Waals surface area contributed by atoms with Gasteiger partial charge in [-0.25, -0.2) is 4.98 Å². The third-order valence-electron chi connectivity index (χ3n) is 8.36. The second-order valence-corrected chi connectivity index (χ2v) is 11.9. The molecule has 1 aliphatic heterocycles. The molecule has 0 spiro atoms. The standard InChI is InChI=1S/C33H41N5O2/c1-20(2)38-18-23(5)32-27(33(40)35-17-28-22(4)12-21(3)13-30(28)39)14-25(15-29(32)38)24-8-9-31(34-16-24)37-11-10-26(19-37)36(6)7/h8-9,12,14-16,18,20,26H,10-11,13,17,19H2,1-7H3,(H,35,40). The van der Waals surface area contributed by atoms with Crippen LogP contribution in [0, 0.1) is 6.92 Å². The van der Waals surface area contributed by atoms with Gasteiger partial charge < -0.3 is 19.7 Å². The molecule has 3 aromatic rings. The molecule has 7 nitrogen and oxygen atoms in total. The van der Waals surface area contributed by atoms with E-state index in [4.69, 9.17) is 4.98 Å². The number of ketones is 1. The van der Waals surface area contributed by atoms with Gasteiger partial charge in [-0.3, -0.25) is 9.59 Å². The van der Waals surface area contributed by atoms with Gasteiger partial charge in [-0.2, -0.15) is 0 Å². The molecule has 1 aliphatic carbocycles. The van der Waals surface area contributed by atoms with Gasteiger partial charge in [-0.15, -0.1) is 0 Å². The molecule has 5 rings (SSSR count). The highest BCUT2D eigenvalue weighted by Crippen LogP contribution is 2.33. The highest BCUT2D eigenvalue weighted by atomic mass is 16.2. The maximum absolute atomic E-state index is 13.7. The number of rotatable bonds is 7. The third-order valence-corrected chi connectivity index (χ3v) is 8.36. The number of anilines is 1. The van der Waals surface area contributed by atoms with Crippen LogP contribution in [-0.2, 0) is 4.79 Å². The second kappa shape index (κ2) is 11.0. The molecule has 0 bridgehead atoms. The summed E-state index contributed by atoms with van der Waals surface area (Å²) in [5.74, 6) is 0.894. The summed E-state index contributed by atoms with van der Waals surface area (Å²) in [5, 5.41) is 4.00. The molecule has 1 N–H and O–H groups in total. The lowest BCUT2D eigenvalue weighted by Crippen LogP contribution is -2.31. The minimum Gasteiger partial charge on any atom is -0.355 e. The number of fused-ring (bicyclic) bond motifs is 1. The topological polar surface area (TPSA) is 70.5 Å². The first-order valence-electron chi connectivity index (χ1n) is 14.2. The van der Waals surface area contributed by atoms with Gasteiger partial charge in [0.2, 0.25) is 0 Å². The number of hydrogen-bond donors (Lipinski definition) is 1. The van der Waals surface area contributed by atoms with E-state index in [1.165, 1.54) is 0 Å². The average molecular weight is 540 g/mol. The summed E-state index contributed by atoms with van der Waals surface area (Å²) in [6, 6.07) is 9.11. The molecule has 1 unspecified atom stereocenters. The number of aryl methyl sites for hydroxylation is 1. The molecule has 210 valence electrons. The lowest BCUT2D eigenvalue weighted by Gasteiger charge is -2.21. The number of hydrogen-bond acceptors (Lipinski definition) is 5. The van der Waals surface area contributed by atoms with E-state index in [9.17, 15) is 9.59 Å². The fourth-order valence-corrected chi connectivity index (χ4v) is 6.07. The van der Waals surface area contributed by atoms with Crippen LogP contribution in [0.5, 0.6) is 0 Å². The van der Waals surface area contributed by atoms with Gasteiger partial charge in [0, 0.05) is 78.1 Å². The Morgan fingerprint density at radius 1 is 1.15 bits per heavy atom. The summed E-state index contributed by atoms with van der Waals surface area (Å²) in [6.45, 7) is 12.5. The van der Waals surface area contributed by atoms with E-state index in [0.717, 1.165) is 64.1 Å². The Hall–Kier alpha value is -3.71. The molecule has 1 aromatic carbocycles. The Kier molecular flexibility index (Phi) is 7.69. The number of likely N-dealkylation sites (N-methyl/N-ethyl adjacent to an activating group) is 1. The van der Waals surface area contributed by atoms with Gasteiger partial charge in [0.1, 0.15) is 5.82 Å². The van der Waals surface area contributed by atoms with Crippen molar-refractivity contribution in [3.05, 3.63) is 70.6 Å². The molecular formula is C33H41N5O2. The minimum absolute atomic E-state index is 0.0832. The van der Waals surface area contributed by atoms with E-state index >= 15 is 0 Å². The molecule has 40 heavy (non-hydrogen) atoms. The molecule has 7 heteroatoms. The summed E-state index contributed by atoms with van der Waals surface area (Å²) < 4.78 is 2.23. The Labute approximate surface area is 237 Å². The maximum Gasteiger partial charge on any atom is 0.252 e. The van der Waals surface area contributed by atoms with Crippen molar-refractivity contribution in [2.24, 2.45) is 0 Å². The van der Waals surface area contributed by atoms with Crippen molar-refractivity contribution in [3.8, 4) is 11.1 Å². The summed E-state index contributed by atoms with van der Waals surface area (Å²) in [7, 11) is 4.26.